The molecule has 2 atom stereocenters. The van der Waals surface area contributed by atoms with Gasteiger partial charge in [0, 0.05) is 18.2 Å². The summed E-state index contributed by atoms with van der Waals surface area (Å²) in [6, 6.07) is 4.83. The van der Waals surface area contributed by atoms with Crippen molar-refractivity contribution in [1.82, 2.24) is 19.7 Å². The zero-order chi connectivity index (χ0) is 22.2. The maximum absolute atomic E-state index is 12.9. The molecule has 164 valence electrons. The van der Waals surface area contributed by atoms with E-state index in [2.05, 4.69) is 14.8 Å². The van der Waals surface area contributed by atoms with Gasteiger partial charge in [-0.05, 0) is 35.5 Å². The van der Waals surface area contributed by atoms with E-state index < -0.39 is 28.8 Å². The molecule has 0 spiro atoms. The zero-order valence-electron chi connectivity index (χ0n) is 15.9. The first-order chi connectivity index (χ1) is 14.7. The fraction of sp³-hybridized carbons (Fsp3) is 0.316. The highest BCUT2D eigenvalue weighted by atomic mass is 35.5. The van der Waals surface area contributed by atoms with Crippen LogP contribution in [-0.2, 0) is 15.9 Å². The lowest BCUT2D eigenvalue weighted by Gasteiger charge is -2.19. The molecule has 2 aromatic heterocycles. The Labute approximate surface area is 183 Å². The van der Waals surface area contributed by atoms with Gasteiger partial charge in [-0.1, -0.05) is 6.08 Å². The van der Waals surface area contributed by atoms with Crippen LogP contribution in [0.15, 0.2) is 48.5 Å². The molecule has 1 aliphatic carbocycles. The van der Waals surface area contributed by atoms with Gasteiger partial charge in [0.25, 0.3) is 5.91 Å². The molecule has 4 rings (SSSR count). The van der Waals surface area contributed by atoms with Crippen LogP contribution in [0.25, 0.3) is 11.3 Å². The van der Waals surface area contributed by atoms with E-state index in [9.17, 15) is 22.5 Å². The second kappa shape index (κ2) is 8.56. The number of rotatable bonds is 4. The third kappa shape index (κ3) is 5.05. The third-order valence-corrected chi connectivity index (χ3v) is 6.13. The van der Waals surface area contributed by atoms with Gasteiger partial charge in [0.05, 0.1) is 29.5 Å². The van der Waals surface area contributed by atoms with E-state index in [1.54, 1.807) is 24.4 Å². The van der Waals surface area contributed by atoms with Crippen LogP contribution < -0.4 is 0 Å². The average molecular weight is 473 g/mol. The van der Waals surface area contributed by atoms with Crippen LogP contribution in [0.4, 0.5) is 13.2 Å². The Morgan fingerprint density at radius 3 is 2.84 bits per heavy atom. The van der Waals surface area contributed by atoms with Crippen LogP contribution in [0.2, 0.25) is 0 Å². The second-order valence-electron chi connectivity index (χ2n) is 6.88. The quantitative estimate of drug-likeness (QED) is 0.504. The molecule has 1 aliphatic heterocycles. The Hall–Kier alpha value is -2.50. The van der Waals surface area contributed by atoms with Crippen molar-refractivity contribution in [1.29, 1.82) is 0 Å². The summed E-state index contributed by atoms with van der Waals surface area (Å²) < 4.78 is 55.3. The Balaban J connectivity index is 1.75. The Morgan fingerprint density at radius 1 is 1.39 bits per heavy atom. The fourth-order valence-electron chi connectivity index (χ4n) is 3.31. The minimum Gasteiger partial charge on any atom is -0.615 e. The largest absolute Gasteiger partial charge is 0.615 e. The first-order valence-corrected chi connectivity index (χ1v) is 11.1. The number of pyridine rings is 1. The Morgan fingerprint density at radius 2 is 2.19 bits per heavy atom. The predicted molar refractivity (Wildman–Crippen MR) is 108 cm³/mol. The number of nitrogens with zero attached hydrogens (tertiary/aromatic N) is 4. The van der Waals surface area contributed by atoms with Crippen LogP contribution in [0.5, 0.6) is 0 Å². The highest BCUT2D eigenvalue weighted by Gasteiger charge is 2.34. The standard InChI is InChI=1S/C19H16ClF3N4O3S/c20-13-6-12(7-15(8-13)30-19(21,22)23)17-9-16(18(28)26-4-5-31(29)11-26)25-27(17)14-2-1-3-24-10-14/h1-3,6-7,9-10,13H,4-5,8,11H2. The molecular weight excluding hydrogens is 457 g/mol. The zero-order valence-corrected chi connectivity index (χ0v) is 17.5. The van der Waals surface area contributed by atoms with E-state index >= 15 is 0 Å². The summed E-state index contributed by atoms with van der Waals surface area (Å²) in [4.78, 5) is 18.3. The van der Waals surface area contributed by atoms with Gasteiger partial charge in [0.15, 0.2) is 11.6 Å². The predicted octanol–water partition coefficient (Wildman–Crippen LogP) is 3.24. The molecule has 1 amide bonds. The van der Waals surface area contributed by atoms with Crippen LogP contribution in [0, 0.1) is 0 Å². The van der Waals surface area contributed by atoms with Gasteiger partial charge < -0.3 is 9.29 Å². The van der Waals surface area contributed by atoms with Gasteiger partial charge in [-0.15, -0.1) is 24.8 Å². The normalized spacial score (nSPS) is 21.6. The van der Waals surface area contributed by atoms with Gasteiger partial charge in [-0.3, -0.25) is 14.7 Å². The number of alkyl halides is 4. The maximum Gasteiger partial charge on any atom is 0.572 e. The van der Waals surface area contributed by atoms with Crippen LogP contribution >= 0.6 is 11.6 Å². The van der Waals surface area contributed by atoms with Crippen molar-refractivity contribution in [2.75, 3.05) is 18.2 Å². The van der Waals surface area contributed by atoms with E-state index in [0.717, 1.165) is 0 Å². The average Bonchev–Trinajstić information content (AvgIpc) is 3.33. The molecule has 0 bridgehead atoms. The summed E-state index contributed by atoms with van der Waals surface area (Å²) in [6.45, 7) is 0.344. The first kappa shape index (κ1) is 21.7. The molecule has 0 radical (unpaired) electrons. The fourth-order valence-corrected chi connectivity index (χ4v) is 4.74. The molecular formula is C19H16ClF3N4O3S. The Kier molecular flexibility index (Phi) is 6.00. The molecule has 7 nitrogen and oxygen atoms in total. The lowest BCUT2D eigenvalue weighted by Crippen LogP contribution is -2.29. The number of carbonyl (C=O) groups is 1. The lowest BCUT2D eigenvalue weighted by molar-refractivity contribution is -0.306. The van der Waals surface area contributed by atoms with Crippen molar-refractivity contribution >= 4 is 34.3 Å². The van der Waals surface area contributed by atoms with Gasteiger partial charge in [0.2, 0.25) is 0 Å². The van der Waals surface area contributed by atoms with Crippen molar-refractivity contribution < 1.29 is 27.3 Å². The highest BCUT2D eigenvalue weighted by molar-refractivity contribution is 7.91. The molecule has 2 aromatic rings. The molecule has 12 heteroatoms. The van der Waals surface area contributed by atoms with Gasteiger partial charge in [-0.25, -0.2) is 4.68 Å². The van der Waals surface area contributed by atoms with E-state index in [1.165, 1.54) is 27.9 Å². The number of hydrogen-bond acceptors (Lipinski definition) is 5. The number of halogens is 4. The summed E-state index contributed by atoms with van der Waals surface area (Å²) in [5.74, 6) is -0.248. The topological polar surface area (TPSA) is 83.3 Å². The maximum atomic E-state index is 12.9. The monoisotopic (exact) mass is 472 g/mol. The Bertz CT molecular complexity index is 1040. The van der Waals surface area contributed by atoms with Crippen molar-refractivity contribution in [3.05, 3.63) is 59.9 Å². The van der Waals surface area contributed by atoms with Gasteiger partial charge in [-0.2, -0.15) is 5.10 Å². The molecule has 0 aromatic carbocycles. The van der Waals surface area contributed by atoms with E-state index in [1.807, 2.05) is 0 Å². The molecule has 1 fully saturated rings. The summed E-state index contributed by atoms with van der Waals surface area (Å²) >= 11 is 5.05. The second-order valence-corrected chi connectivity index (χ2v) is 8.99. The van der Waals surface area contributed by atoms with Gasteiger partial charge >= 0.3 is 6.36 Å². The molecule has 2 unspecified atom stereocenters. The number of allylic oxidation sites excluding steroid dienone is 4. The number of hydrogen-bond donors (Lipinski definition) is 0. The van der Waals surface area contributed by atoms with Crippen LogP contribution in [-0.4, -0.2) is 60.0 Å². The summed E-state index contributed by atoms with van der Waals surface area (Å²) in [5.41, 5.74) is 1.25. The summed E-state index contributed by atoms with van der Waals surface area (Å²) in [5, 5.41) is 3.62. The number of amides is 1. The third-order valence-electron chi connectivity index (χ3n) is 4.61. The van der Waals surface area contributed by atoms with Gasteiger partial charge in [0.1, 0.15) is 11.5 Å². The van der Waals surface area contributed by atoms with E-state index in [4.69, 9.17) is 11.6 Å². The van der Waals surface area contributed by atoms with Crippen molar-refractivity contribution in [2.24, 2.45) is 0 Å². The van der Waals surface area contributed by atoms with Crippen molar-refractivity contribution in [3.8, 4) is 5.69 Å². The molecule has 31 heavy (non-hydrogen) atoms. The molecule has 0 N–H and O–H groups in total. The number of carbonyl (C=O) groups excluding carboxylic acids is 1. The molecule has 0 saturated carbocycles. The molecule has 3 heterocycles. The molecule has 2 aliphatic rings. The lowest BCUT2D eigenvalue weighted by atomic mass is 10.0. The first-order valence-electron chi connectivity index (χ1n) is 9.17. The minimum absolute atomic E-state index is 0.0713. The van der Waals surface area contributed by atoms with Crippen LogP contribution in [0.1, 0.15) is 22.6 Å². The SMILES string of the molecule is O=C(c1cc(C2=CC(Cl)CC(OC(F)(F)F)=C2)n(-c2cccnc2)n1)N1CC[S+]([O-])C1. The van der Waals surface area contributed by atoms with Crippen molar-refractivity contribution in [2.45, 2.75) is 18.2 Å². The molecule has 1 saturated heterocycles. The summed E-state index contributed by atoms with van der Waals surface area (Å²) in [7, 11) is 0. The number of ether oxygens (including phenoxy) is 1. The van der Waals surface area contributed by atoms with E-state index in [0.29, 0.717) is 29.3 Å². The van der Waals surface area contributed by atoms with Crippen LogP contribution in [0.3, 0.4) is 0 Å². The van der Waals surface area contributed by atoms with Crippen molar-refractivity contribution in [3.63, 3.8) is 0 Å². The summed E-state index contributed by atoms with van der Waals surface area (Å²) in [6.07, 6.45) is 0.900. The van der Waals surface area contributed by atoms with E-state index in [-0.39, 0.29) is 23.8 Å². The smallest absolute Gasteiger partial charge is 0.572 e. The highest BCUT2D eigenvalue weighted by Crippen LogP contribution is 2.33. The minimum atomic E-state index is -4.85. The number of aromatic nitrogens is 3.